The fraction of sp³-hybridized carbons (Fsp3) is 0.407. The number of para-hydroxylation sites is 1. The van der Waals surface area contributed by atoms with Crippen LogP contribution in [0.3, 0.4) is 0 Å². The molecule has 0 saturated carbocycles. The molecule has 0 radical (unpaired) electrons. The van der Waals surface area contributed by atoms with Crippen LogP contribution in [0.2, 0.25) is 0 Å². The van der Waals surface area contributed by atoms with Crippen molar-refractivity contribution in [3.05, 3.63) is 59.8 Å². The summed E-state index contributed by atoms with van der Waals surface area (Å²) < 4.78 is 43.1. The van der Waals surface area contributed by atoms with E-state index in [1.54, 1.807) is 7.11 Å². The number of nitrogens with two attached hydrogens (primary N) is 1. The number of benzene rings is 2. The van der Waals surface area contributed by atoms with Crippen LogP contribution in [0.25, 0.3) is 10.9 Å². The second kappa shape index (κ2) is 11.5. The molecule has 1 saturated heterocycles. The summed E-state index contributed by atoms with van der Waals surface area (Å²) in [5.74, 6) is -1.02. The zero-order chi connectivity index (χ0) is 28.2. The Bertz CT molecular complexity index is 1310. The second-order valence-electron chi connectivity index (χ2n) is 9.41. The van der Waals surface area contributed by atoms with Crippen LogP contribution in [-0.2, 0) is 21.5 Å². The Morgan fingerprint density at radius 2 is 1.85 bits per heavy atom. The largest absolute Gasteiger partial charge is 0.497 e. The van der Waals surface area contributed by atoms with Gasteiger partial charge < -0.3 is 30.2 Å². The van der Waals surface area contributed by atoms with Crippen molar-refractivity contribution in [1.82, 2.24) is 14.8 Å². The van der Waals surface area contributed by atoms with Crippen LogP contribution in [-0.4, -0.2) is 84.4 Å². The highest BCUT2D eigenvalue weighted by Crippen LogP contribution is 2.45. The molecule has 39 heavy (non-hydrogen) atoms. The first-order valence-electron chi connectivity index (χ1n) is 12.5. The number of hydrogen-bond donors (Lipinski definition) is 3. The third kappa shape index (κ3) is 5.96. The molecule has 4 N–H and O–H groups in total. The molecule has 1 atom stereocenters. The molecular formula is C27H31F3N4O5. The zero-order valence-electron chi connectivity index (χ0n) is 21.5. The number of alkyl halides is 3. The van der Waals surface area contributed by atoms with Crippen molar-refractivity contribution >= 4 is 22.8 Å². The molecule has 2 aliphatic rings. The van der Waals surface area contributed by atoms with Gasteiger partial charge in [0.25, 0.3) is 0 Å². The van der Waals surface area contributed by atoms with E-state index >= 15 is 0 Å². The maximum atomic E-state index is 12.9. The van der Waals surface area contributed by atoms with Crippen molar-refractivity contribution < 1.29 is 37.3 Å². The summed E-state index contributed by atoms with van der Waals surface area (Å²) in [5, 5.41) is 8.31. The lowest BCUT2D eigenvalue weighted by atomic mass is 9.83. The molecule has 12 heteroatoms. The molecule has 3 heterocycles. The Morgan fingerprint density at radius 3 is 2.49 bits per heavy atom. The fourth-order valence-corrected chi connectivity index (χ4v) is 5.35. The Hall–Kier alpha value is -3.77. The predicted octanol–water partition coefficient (Wildman–Crippen LogP) is 3.13. The minimum absolute atomic E-state index is 0.00859. The number of carbonyl (C=O) groups is 2. The van der Waals surface area contributed by atoms with E-state index in [1.807, 2.05) is 41.3 Å². The summed E-state index contributed by atoms with van der Waals surface area (Å²) in [7, 11) is 1.69. The number of rotatable bonds is 6. The topological polar surface area (TPSA) is 121 Å². The van der Waals surface area contributed by atoms with Gasteiger partial charge in [0, 0.05) is 42.8 Å². The molecule has 1 fully saturated rings. The number of amides is 1. The number of aliphatic carboxylic acids is 1. The van der Waals surface area contributed by atoms with Crippen molar-refractivity contribution in [2.75, 3.05) is 46.4 Å². The highest BCUT2D eigenvalue weighted by molar-refractivity contribution is 5.88. The van der Waals surface area contributed by atoms with Crippen LogP contribution in [0.1, 0.15) is 17.7 Å². The van der Waals surface area contributed by atoms with E-state index in [0.29, 0.717) is 13.2 Å². The highest BCUT2D eigenvalue weighted by atomic mass is 19.4. The van der Waals surface area contributed by atoms with Gasteiger partial charge in [0.2, 0.25) is 5.91 Å². The summed E-state index contributed by atoms with van der Waals surface area (Å²) in [6.07, 6.45) is -3.39. The van der Waals surface area contributed by atoms with Crippen LogP contribution in [0.15, 0.2) is 48.5 Å². The van der Waals surface area contributed by atoms with Crippen molar-refractivity contribution in [3.63, 3.8) is 0 Å². The summed E-state index contributed by atoms with van der Waals surface area (Å²) in [6, 6.07) is 16.0. The molecule has 1 spiro atoms. The first-order valence-corrected chi connectivity index (χ1v) is 12.5. The van der Waals surface area contributed by atoms with E-state index in [9.17, 15) is 18.0 Å². The monoisotopic (exact) mass is 548 g/mol. The first-order chi connectivity index (χ1) is 18.6. The van der Waals surface area contributed by atoms with Gasteiger partial charge in [-0.3, -0.25) is 9.69 Å². The number of aromatic nitrogens is 1. The number of ether oxygens (including phenoxy) is 2. The molecular weight excluding hydrogens is 517 g/mol. The van der Waals surface area contributed by atoms with Gasteiger partial charge in [-0.1, -0.05) is 18.2 Å². The van der Waals surface area contributed by atoms with Crippen molar-refractivity contribution in [2.45, 2.75) is 24.6 Å². The second-order valence-corrected chi connectivity index (χ2v) is 9.41. The molecule has 0 aliphatic carbocycles. The van der Waals surface area contributed by atoms with Gasteiger partial charge in [0.1, 0.15) is 18.1 Å². The van der Waals surface area contributed by atoms with Gasteiger partial charge in [0.05, 0.1) is 19.2 Å². The Kier molecular flexibility index (Phi) is 8.36. The quantitative estimate of drug-likeness (QED) is 0.433. The lowest BCUT2D eigenvalue weighted by molar-refractivity contribution is -0.192. The summed E-state index contributed by atoms with van der Waals surface area (Å²) in [6.45, 7) is 3.81. The van der Waals surface area contributed by atoms with E-state index < -0.39 is 12.1 Å². The van der Waals surface area contributed by atoms with Crippen molar-refractivity contribution in [3.8, 4) is 11.5 Å². The van der Waals surface area contributed by atoms with Crippen LogP contribution in [0.4, 0.5) is 13.2 Å². The van der Waals surface area contributed by atoms with Gasteiger partial charge >= 0.3 is 12.1 Å². The van der Waals surface area contributed by atoms with E-state index in [1.165, 1.54) is 10.9 Å². The van der Waals surface area contributed by atoms with E-state index in [2.05, 4.69) is 22.0 Å². The number of nitrogens with zero attached hydrogens (tertiary/aromatic N) is 2. The Labute approximate surface area is 223 Å². The lowest BCUT2D eigenvalue weighted by Crippen LogP contribution is -2.56. The van der Waals surface area contributed by atoms with Crippen LogP contribution < -0.4 is 15.2 Å². The molecule has 1 aromatic heterocycles. The number of aromatic amines is 1. The number of fused-ring (bicyclic) bond motifs is 4. The molecule has 1 amide bonds. The minimum Gasteiger partial charge on any atom is -0.497 e. The third-order valence-corrected chi connectivity index (χ3v) is 7.15. The van der Waals surface area contributed by atoms with Gasteiger partial charge in [-0.15, -0.1) is 0 Å². The molecule has 9 nitrogen and oxygen atoms in total. The number of nitrogens with one attached hydrogen (secondary N) is 1. The molecule has 0 bridgehead atoms. The Balaban J connectivity index is 0.000000448. The number of likely N-dealkylation sites (tertiary alicyclic amines) is 1. The molecule has 5 rings (SSSR count). The standard InChI is InChI=1S/C25H30N4O3.C2HF3O2/c1-31-19-7-8-22-21(15-19)20-9-11-29(23(30)16-26)25(24(20)27-22)10-12-28(17-25)13-14-32-18-5-3-2-4-6-18;3-2(4,5)1(6)7/h2-8,15,27H,9-14,16-17,26H2,1H3;(H,6,7). The van der Waals surface area contributed by atoms with Crippen LogP contribution in [0, 0.1) is 0 Å². The molecule has 2 aromatic carbocycles. The van der Waals surface area contributed by atoms with Crippen molar-refractivity contribution in [2.24, 2.45) is 5.73 Å². The lowest BCUT2D eigenvalue weighted by Gasteiger charge is -2.44. The SMILES string of the molecule is COc1ccc2[nH]c3c(c2c1)CCN(C(=O)CN)C31CCN(CCOc2ccccc2)C1.O=C(O)C(F)(F)F. The summed E-state index contributed by atoms with van der Waals surface area (Å²) >= 11 is 0. The van der Waals surface area contributed by atoms with Crippen molar-refractivity contribution in [1.29, 1.82) is 0 Å². The normalized spacial score (nSPS) is 18.9. The average Bonchev–Trinajstić information content (AvgIpc) is 3.51. The summed E-state index contributed by atoms with van der Waals surface area (Å²) in [5.41, 5.74) is 8.96. The maximum absolute atomic E-state index is 12.9. The average molecular weight is 549 g/mol. The number of H-pyrrole nitrogens is 1. The maximum Gasteiger partial charge on any atom is 0.490 e. The zero-order valence-corrected chi connectivity index (χ0v) is 21.5. The van der Waals surface area contributed by atoms with Gasteiger partial charge in [-0.05, 0) is 48.7 Å². The summed E-state index contributed by atoms with van der Waals surface area (Å²) in [4.78, 5) is 29.8. The number of hydrogen-bond acceptors (Lipinski definition) is 6. The smallest absolute Gasteiger partial charge is 0.490 e. The number of carboxylic acid groups (broad SMARTS) is 1. The van der Waals surface area contributed by atoms with Crippen LogP contribution >= 0.6 is 0 Å². The van der Waals surface area contributed by atoms with Gasteiger partial charge in [-0.2, -0.15) is 13.2 Å². The van der Waals surface area contributed by atoms with Gasteiger partial charge in [0.15, 0.2) is 0 Å². The molecule has 3 aromatic rings. The van der Waals surface area contributed by atoms with E-state index in [-0.39, 0.29) is 18.0 Å². The number of methoxy groups -OCH3 is 1. The molecule has 1 unspecified atom stereocenters. The fourth-order valence-electron chi connectivity index (χ4n) is 5.35. The minimum atomic E-state index is -5.08. The highest BCUT2D eigenvalue weighted by Gasteiger charge is 2.50. The Morgan fingerprint density at radius 1 is 1.13 bits per heavy atom. The van der Waals surface area contributed by atoms with Gasteiger partial charge in [-0.25, -0.2) is 4.79 Å². The number of halogens is 3. The predicted molar refractivity (Wildman–Crippen MR) is 138 cm³/mol. The van der Waals surface area contributed by atoms with E-state index in [0.717, 1.165) is 55.2 Å². The van der Waals surface area contributed by atoms with E-state index in [4.69, 9.17) is 25.1 Å². The number of carboxylic acids is 1. The first kappa shape index (κ1) is 28.2. The molecule has 210 valence electrons. The molecule has 2 aliphatic heterocycles. The van der Waals surface area contributed by atoms with Crippen LogP contribution in [0.5, 0.6) is 11.5 Å². The number of carbonyl (C=O) groups excluding carboxylic acids is 1. The third-order valence-electron chi connectivity index (χ3n) is 7.15.